The van der Waals surface area contributed by atoms with Crippen molar-refractivity contribution in [1.29, 1.82) is 0 Å². The third-order valence-electron chi connectivity index (χ3n) is 5.30. The van der Waals surface area contributed by atoms with Crippen molar-refractivity contribution in [3.8, 4) is 0 Å². The Bertz CT molecular complexity index is 1010. The van der Waals surface area contributed by atoms with Crippen molar-refractivity contribution >= 4 is 40.4 Å². The molecule has 30 heavy (non-hydrogen) atoms. The lowest BCUT2D eigenvalue weighted by Gasteiger charge is -2.34. The van der Waals surface area contributed by atoms with E-state index >= 15 is 0 Å². The van der Waals surface area contributed by atoms with Gasteiger partial charge >= 0.3 is 0 Å². The summed E-state index contributed by atoms with van der Waals surface area (Å²) >= 11 is 2.57. The normalized spacial score (nSPS) is 12.4. The predicted octanol–water partition coefficient (Wildman–Crippen LogP) is 4.91. The maximum absolute atomic E-state index is 13.6. The van der Waals surface area contributed by atoms with Crippen molar-refractivity contribution in [3.05, 3.63) is 62.8 Å². The number of benzene rings is 1. The van der Waals surface area contributed by atoms with Gasteiger partial charge in [0.05, 0.1) is 0 Å². The van der Waals surface area contributed by atoms with E-state index in [2.05, 4.69) is 14.9 Å². The van der Waals surface area contributed by atoms with Crippen molar-refractivity contribution < 1.29 is 9.59 Å². The van der Waals surface area contributed by atoms with Crippen LogP contribution in [0, 0.1) is 13.8 Å². The standard InChI is InChI=1S/C22H26N4O2S2/c1-6-22(4,5)23-20(27)19(18-11-8-12-29-18)26(21(28)16-13-30-25-24-16)17-10-7-9-14(2)15(17)3/h7-13,19H,6H2,1-5H3,(H,23,27)/t19-/m0/s1. The monoisotopic (exact) mass is 442 g/mol. The molecule has 1 aromatic carbocycles. The van der Waals surface area contributed by atoms with E-state index in [4.69, 9.17) is 0 Å². The minimum Gasteiger partial charge on any atom is -0.349 e. The van der Waals surface area contributed by atoms with Crippen LogP contribution in [0.2, 0.25) is 0 Å². The van der Waals surface area contributed by atoms with E-state index in [1.165, 1.54) is 11.3 Å². The van der Waals surface area contributed by atoms with E-state index in [1.807, 2.05) is 70.3 Å². The lowest BCUT2D eigenvalue weighted by molar-refractivity contribution is -0.124. The zero-order valence-corrected chi connectivity index (χ0v) is 19.4. The van der Waals surface area contributed by atoms with Gasteiger partial charge < -0.3 is 5.32 Å². The van der Waals surface area contributed by atoms with Gasteiger partial charge in [-0.1, -0.05) is 29.6 Å². The summed E-state index contributed by atoms with van der Waals surface area (Å²) in [5.74, 6) is -0.568. The summed E-state index contributed by atoms with van der Waals surface area (Å²) in [6.45, 7) is 9.93. The topological polar surface area (TPSA) is 75.2 Å². The van der Waals surface area contributed by atoms with Gasteiger partial charge in [0.15, 0.2) is 11.7 Å². The highest BCUT2D eigenvalue weighted by atomic mass is 32.1. The molecule has 158 valence electrons. The van der Waals surface area contributed by atoms with Gasteiger partial charge in [0.2, 0.25) is 5.91 Å². The quantitative estimate of drug-likeness (QED) is 0.564. The van der Waals surface area contributed by atoms with Gasteiger partial charge in [-0.25, -0.2) is 0 Å². The Morgan fingerprint density at radius 3 is 2.57 bits per heavy atom. The maximum atomic E-state index is 13.6. The minimum atomic E-state index is -0.814. The average molecular weight is 443 g/mol. The first-order valence-corrected chi connectivity index (χ1v) is 11.5. The lowest BCUT2D eigenvalue weighted by Crippen LogP contribution is -2.50. The second-order valence-corrected chi connectivity index (χ2v) is 9.42. The number of hydrogen-bond donors (Lipinski definition) is 1. The van der Waals surface area contributed by atoms with Crippen molar-refractivity contribution in [1.82, 2.24) is 14.9 Å². The number of anilines is 1. The van der Waals surface area contributed by atoms with Gasteiger partial charge in [0.25, 0.3) is 5.91 Å². The number of thiophene rings is 1. The summed E-state index contributed by atoms with van der Waals surface area (Å²) in [7, 11) is 0. The van der Waals surface area contributed by atoms with Crippen molar-refractivity contribution in [2.24, 2.45) is 0 Å². The Labute approximate surface area is 185 Å². The molecule has 0 saturated heterocycles. The smallest absolute Gasteiger partial charge is 0.280 e. The van der Waals surface area contributed by atoms with Crippen LogP contribution in [0.4, 0.5) is 5.69 Å². The van der Waals surface area contributed by atoms with Crippen molar-refractivity contribution in [3.63, 3.8) is 0 Å². The lowest BCUT2D eigenvalue weighted by atomic mass is 10.00. The summed E-state index contributed by atoms with van der Waals surface area (Å²) in [4.78, 5) is 29.5. The maximum Gasteiger partial charge on any atom is 0.280 e. The Kier molecular flexibility index (Phi) is 6.67. The number of amides is 2. The van der Waals surface area contributed by atoms with Crippen LogP contribution in [-0.2, 0) is 4.79 Å². The molecule has 0 fully saturated rings. The zero-order valence-electron chi connectivity index (χ0n) is 17.8. The number of aromatic nitrogens is 2. The van der Waals surface area contributed by atoms with Crippen molar-refractivity contribution in [2.45, 2.75) is 52.6 Å². The molecule has 0 spiro atoms. The van der Waals surface area contributed by atoms with E-state index in [0.717, 1.165) is 34.0 Å². The second kappa shape index (κ2) is 9.06. The molecule has 1 N–H and O–H groups in total. The molecule has 3 aromatic rings. The van der Waals surface area contributed by atoms with Crippen LogP contribution in [0.1, 0.15) is 59.7 Å². The van der Waals surface area contributed by atoms with Crippen LogP contribution in [0.15, 0.2) is 41.1 Å². The van der Waals surface area contributed by atoms with Crippen LogP contribution in [-0.4, -0.2) is 26.9 Å². The number of nitrogens with one attached hydrogen (secondary N) is 1. The summed E-state index contributed by atoms with van der Waals surface area (Å²) in [5, 5.41) is 10.6. The first-order valence-electron chi connectivity index (χ1n) is 9.77. The molecule has 1 atom stereocenters. The Hall–Kier alpha value is -2.58. The van der Waals surface area contributed by atoms with Gasteiger partial charge in [-0.3, -0.25) is 14.5 Å². The highest BCUT2D eigenvalue weighted by Gasteiger charge is 2.37. The fourth-order valence-electron chi connectivity index (χ4n) is 3.05. The van der Waals surface area contributed by atoms with Crippen LogP contribution in [0.25, 0.3) is 0 Å². The Morgan fingerprint density at radius 1 is 1.20 bits per heavy atom. The third kappa shape index (κ3) is 4.60. The molecule has 2 aromatic heterocycles. The van der Waals surface area contributed by atoms with E-state index in [1.54, 1.807) is 10.3 Å². The largest absolute Gasteiger partial charge is 0.349 e. The average Bonchev–Trinajstić information content (AvgIpc) is 3.42. The van der Waals surface area contributed by atoms with Crippen LogP contribution < -0.4 is 10.2 Å². The Morgan fingerprint density at radius 2 is 1.97 bits per heavy atom. The number of aryl methyl sites for hydroxylation is 1. The number of carbonyl (C=O) groups excluding carboxylic acids is 2. The molecule has 0 bridgehead atoms. The number of rotatable bonds is 7. The number of hydrogen-bond acceptors (Lipinski definition) is 6. The first-order chi connectivity index (χ1) is 14.2. The van der Waals surface area contributed by atoms with Crippen LogP contribution in [0.5, 0.6) is 0 Å². The fraction of sp³-hybridized carbons (Fsp3) is 0.364. The fourth-order valence-corrected chi connectivity index (χ4v) is 4.30. The molecule has 0 aliphatic carbocycles. The summed E-state index contributed by atoms with van der Waals surface area (Å²) < 4.78 is 3.85. The molecule has 8 heteroatoms. The molecule has 3 rings (SSSR count). The number of carbonyl (C=O) groups is 2. The molecular formula is C22H26N4O2S2. The van der Waals surface area contributed by atoms with E-state index in [9.17, 15) is 9.59 Å². The molecule has 0 radical (unpaired) electrons. The van der Waals surface area contributed by atoms with Crippen LogP contribution >= 0.6 is 22.9 Å². The molecule has 6 nitrogen and oxygen atoms in total. The van der Waals surface area contributed by atoms with E-state index in [0.29, 0.717) is 5.69 Å². The second-order valence-electron chi connectivity index (χ2n) is 7.83. The summed E-state index contributed by atoms with van der Waals surface area (Å²) in [6.07, 6.45) is 0.767. The molecule has 0 aliphatic heterocycles. The van der Waals surface area contributed by atoms with Crippen molar-refractivity contribution in [2.75, 3.05) is 4.90 Å². The summed E-state index contributed by atoms with van der Waals surface area (Å²) in [6, 6.07) is 8.73. The van der Waals surface area contributed by atoms with Gasteiger partial charge in [-0.05, 0) is 74.3 Å². The predicted molar refractivity (Wildman–Crippen MR) is 122 cm³/mol. The van der Waals surface area contributed by atoms with E-state index in [-0.39, 0.29) is 17.5 Å². The molecule has 2 amide bonds. The van der Waals surface area contributed by atoms with Gasteiger partial charge in [0.1, 0.15) is 0 Å². The summed E-state index contributed by atoms with van der Waals surface area (Å²) in [5.41, 5.74) is 2.51. The molecular weight excluding hydrogens is 416 g/mol. The zero-order chi connectivity index (χ0) is 21.9. The van der Waals surface area contributed by atoms with Gasteiger partial charge in [-0.15, -0.1) is 16.4 Å². The third-order valence-corrected chi connectivity index (χ3v) is 6.73. The molecule has 0 saturated carbocycles. The highest BCUT2D eigenvalue weighted by molar-refractivity contribution is 7.10. The minimum absolute atomic E-state index is 0.221. The molecule has 0 unspecified atom stereocenters. The SMILES string of the molecule is CCC(C)(C)NC(=O)[C@H](c1cccs1)N(C(=O)c1csnn1)c1cccc(C)c1C. The number of nitrogens with zero attached hydrogens (tertiary/aromatic N) is 3. The van der Waals surface area contributed by atoms with Gasteiger partial charge in [-0.2, -0.15) is 0 Å². The van der Waals surface area contributed by atoms with E-state index < -0.39 is 11.6 Å². The highest BCUT2D eigenvalue weighted by Crippen LogP contribution is 2.35. The first kappa shape index (κ1) is 22.1. The van der Waals surface area contributed by atoms with Gasteiger partial charge in [0, 0.05) is 21.5 Å². The molecule has 0 aliphatic rings. The Balaban J connectivity index is 2.17. The molecule has 2 heterocycles. The van der Waals surface area contributed by atoms with Crippen LogP contribution in [0.3, 0.4) is 0 Å².